The second kappa shape index (κ2) is 7.86. The van der Waals surface area contributed by atoms with E-state index in [1.807, 2.05) is 0 Å². The summed E-state index contributed by atoms with van der Waals surface area (Å²) >= 11 is 5.70. The molecule has 1 aromatic rings. The predicted octanol–water partition coefficient (Wildman–Crippen LogP) is 2.79. The van der Waals surface area contributed by atoms with E-state index in [2.05, 4.69) is 10.1 Å². The number of hydrogen-bond acceptors (Lipinski definition) is 3. The number of hydrogen-bond donors (Lipinski definition) is 2. The van der Waals surface area contributed by atoms with E-state index in [4.69, 9.17) is 16.7 Å². The lowest BCUT2D eigenvalue weighted by Crippen LogP contribution is -2.36. The van der Waals surface area contributed by atoms with Gasteiger partial charge in [-0.1, -0.05) is 11.6 Å². The number of nitrogens with zero attached hydrogens (tertiary/aromatic N) is 1. The van der Waals surface area contributed by atoms with Crippen LogP contribution in [0.3, 0.4) is 0 Å². The molecule has 0 saturated carbocycles. The van der Waals surface area contributed by atoms with Crippen molar-refractivity contribution in [2.45, 2.75) is 13.5 Å². The van der Waals surface area contributed by atoms with Gasteiger partial charge in [0.15, 0.2) is 0 Å². The number of ether oxygens (including phenoxy) is 1. The second-order valence-corrected chi connectivity index (χ2v) is 4.16. The third-order valence-corrected chi connectivity index (χ3v) is 2.75. The quantitative estimate of drug-likeness (QED) is 0.849. The topological polar surface area (TPSA) is 61.8 Å². The summed E-state index contributed by atoms with van der Waals surface area (Å²) in [7, 11) is 0. The number of amides is 2. The zero-order valence-corrected chi connectivity index (χ0v) is 11.5. The third kappa shape index (κ3) is 4.82. The summed E-state index contributed by atoms with van der Waals surface area (Å²) in [5, 5.41) is 11.4. The number of nitrogens with one attached hydrogen (secondary N) is 1. The van der Waals surface area contributed by atoms with Crippen LogP contribution in [-0.4, -0.2) is 42.3 Å². The maximum absolute atomic E-state index is 12.2. The first-order valence-corrected chi connectivity index (χ1v) is 6.26. The average Bonchev–Trinajstić information content (AvgIpc) is 2.39. The van der Waals surface area contributed by atoms with Gasteiger partial charge in [0.25, 0.3) is 0 Å². The second-order valence-electron chi connectivity index (χ2n) is 3.76. The summed E-state index contributed by atoms with van der Waals surface area (Å²) in [5.74, 6) is -0.218. The van der Waals surface area contributed by atoms with E-state index < -0.39 is 12.6 Å². The molecule has 0 heterocycles. The largest absolute Gasteiger partial charge is 0.433 e. The van der Waals surface area contributed by atoms with E-state index in [-0.39, 0.29) is 29.6 Å². The van der Waals surface area contributed by atoms with Crippen molar-refractivity contribution in [3.63, 3.8) is 0 Å². The first-order valence-electron chi connectivity index (χ1n) is 5.89. The van der Waals surface area contributed by atoms with Crippen LogP contribution in [0, 0.1) is 0 Å². The zero-order valence-electron chi connectivity index (χ0n) is 10.8. The fourth-order valence-electron chi connectivity index (χ4n) is 1.49. The first-order chi connectivity index (χ1) is 9.47. The van der Waals surface area contributed by atoms with Gasteiger partial charge in [-0.25, -0.2) is 4.79 Å². The van der Waals surface area contributed by atoms with E-state index >= 15 is 0 Å². The van der Waals surface area contributed by atoms with Crippen molar-refractivity contribution < 1.29 is 23.4 Å². The van der Waals surface area contributed by atoms with Crippen LogP contribution in [0.15, 0.2) is 18.2 Å². The average molecular weight is 309 g/mol. The van der Waals surface area contributed by atoms with E-state index in [1.54, 1.807) is 6.92 Å². The summed E-state index contributed by atoms with van der Waals surface area (Å²) in [6.07, 6.45) is 0. The highest BCUT2D eigenvalue weighted by Crippen LogP contribution is 2.29. The molecule has 0 spiro atoms. The predicted molar refractivity (Wildman–Crippen MR) is 71.4 cm³/mol. The van der Waals surface area contributed by atoms with E-state index in [0.717, 1.165) is 0 Å². The molecular weight excluding hydrogens is 294 g/mol. The number of likely N-dealkylation sites (N-methyl/N-ethyl adjacent to an activating group) is 1. The van der Waals surface area contributed by atoms with Crippen LogP contribution in [-0.2, 0) is 0 Å². The van der Waals surface area contributed by atoms with Gasteiger partial charge in [0.1, 0.15) is 5.75 Å². The molecule has 112 valence electrons. The molecule has 0 atom stereocenters. The first kappa shape index (κ1) is 16.5. The summed E-state index contributed by atoms with van der Waals surface area (Å²) in [6, 6.07) is 3.56. The smallest absolute Gasteiger partial charge is 0.387 e. The van der Waals surface area contributed by atoms with Crippen LogP contribution in [0.5, 0.6) is 5.75 Å². The fraction of sp³-hybridized carbons (Fsp3) is 0.417. The highest BCUT2D eigenvalue weighted by atomic mass is 35.5. The fourth-order valence-corrected chi connectivity index (χ4v) is 1.66. The zero-order chi connectivity index (χ0) is 15.1. The molecule has 2 N–H and O–H groups in total. The molecule has 0 radical (unpaired) electrons. The number of carbonyl (C=O) groups excluding carboxylic acids is 1. The number of benzene rings is 1. The summed E-state index contributed by atoms with van der Waals surface area (Å²) in [5.41, 5.74) is 0.270. The van der Waals surface area contributed by atoms with Gasteiger partial charge in [0.05, 0.1) is 11.6 Å². The molecular formula is C12H15ClF2N2O3. The van der Waals surface area contributed by atoms with Gasteiger partial charge >= 0.3 is 12.6 Å². The molecule has 0 aromatic heterocycles. The number of rotatable bonds is 6. The van der Waals surface area contributed by atoms with Crippen molar-refractivity contribution in [2.75, 3.05) is 25.0 Å². The van der Waals surface area contributed by atoms with Crippen LogP contribution in [0.4, 0.5) is 19.3 Å². The van der Waals surface area contributed by atoms with Gasteiger partial charge in [-0.15, -0.1) is 0 Å². The lowest BCUT2D eigenvalue weighted by atomic mass is 10.3. The standard InChI is InChI=1S/C12H15ClF2N2O3/c1-2-17(5-6-18)12(19)16-8-3-4-9(13)10(7-8)20-11(14)15/h3-4,7,11,18H,2,5-6H2,1H3,(H,16,19). The van der Waals surface area contributed by atoms with Crippen molar-refractivity contribution in [2.24, 2.45) is 0 Å². The number of alkyl halides is 2. The Morgan fingerprint density at radius 1 is 1.55 bits per heavy atom. The maximum Gasteiger partial charge on any atom is 0.387 e. The van der Waals surface area contributed by atoms with Crippen LogP contribution in [0.1, 0.15) is 6.92 Å². The Labute approximate surface area is 120 Å². The molecule has 0 aliphatic carbocycles. The van der Waals surface area contributed by atoms with Crippen molar-refractivity contribution in [1.29, 1.82) is 0 Å². The minimum atomic E-state index is -3.00. The molecule has 20 heavy (non-hydrogen) atoms. The minimum Gasteiger partial charge on any atom is -0.433 e. The number of aliphatic hydroxyl groups is 1. The van der Waals surface area contributed by atoms with Crippen LogP contribution in [0.25, 0.3) is 0 Å². The monoisotopic (exact) mass is 308 g/mol. The van der Waals surface area contributed by atoms with Crippen molar-refractivity contribution in [1.82, 2.24) is 4.90 Å². The normalized spacial score (nSPS) is 10.5. The maximum atomic E-state index is 12.2. The highest BCUT2D eigenvalue weighted by Gasteiger charge is 2.13. The number of halogens is 3. The number of aliphatic hydroxyl groups excluding tert-OH is 1. The minimum absolute atomic E-state index is 0.0194. The van der Waals surface area contributed by atoms with Crippen molar-refractivity contribution in [3.8, 4) is 5.75 Å². The molecule has 0 aliphatic rings. The molecule has 1 rings (SSSR count). The van der Waals surface area contributed by atoms with Gasteiger partial charge < -0.3 is 20.1 Å². The van der Waals surface area contributed by atoms with Gasteiger partial charge in [-0.3, -0.25) is 0 Å². The van der Waals surface area contributed by atoms with Gasteiger partial charge in [-0.2, -0.15) is 8.78 Å². The summed E-state index contributed by atoms with van der Waals surface area (Å²) in [6.45, 7) is -0.833. The Balaban J connectivity index is 2.79. The van der Waals surface area contributed by atoms with Crippen molar-refractivity contribution >= 4 is 23.3 Å². The SMILES string of the molecule is CCN(CCO)C(=O)Nc1ccc(Cl)c(OC(F)F)c1. The van der Waals surface area contributed by atoms with Crippen LogP contribution >= 0.6 is 11.6 Å². The Hall–Kier alpha value is -1.60. The molecule has 0 fully saturated rings. The van der Waals surface area contributed by atoms with Crippen LogP contribution in [0.2, 0.25) is 5.02 Å². The Morgan fingerprint density at radius 2 is 2.25 bits per heavy atom. The summed E-state index contributed by atoms with van der Waals surface area (Å²) < 4.78 is 28.6. The Kier molecular flexibility index (Phi) is 6.47. The van der Waals surface area contributed by atoms with Gasteiger partial charge in [0, 0.05) is 24.8 Å². The number of carbonyl (C=O) groups is 1. The molecule has 0 unspecified atom stereocenters. The van der Waals surface area contributed by atoms with E-state index in [9.17, 15) is 13.6 Å². The van der Waals surface area contributed by atoms with Crippen molar-refractivity contribution in [3.05, 3.63) is 23.2 Å². The molecule has 0 saturated heterocycles. The Morgan fingerprint density at radius 3 is 2.80 bits per heavy atom. The van der Waals surface area contributed by atoms with E-state index in [1.165, 1.54) is 23.1 Å². The molecule has 5 nitrogen and oxygen atoms in total. The van der Waals surface area contributed by atoms with Crippen LogP contribution < -0.4 is 10.1 Å². The highest BCUT2D eigenvalue weighted by molar-refractivity contribution is 6.32. The molecule has 8 heteroatoms. The number of anilines is 1. The molecule has 1 aromatic carbocycles. The summed E-state index contributed by atoms with van der Waals surface area (Å²) in [4.78, 5) is 13.2. The molecule has 2 amide bonds. The van der Waals surface area contributed by atoms with Gasteiger partial charge in [-0.05, 0) is 19.1 Å². The Bertz CT molecular complexity index is 460. The molecule has 0 bridgehead atoms. The number of urea groups is 1. The molecule has 0 aliphatic heterocycles. The third-order valence-electron chi connectivity index (χ3n) is 2.44. The lowest BCUT2D eigenvalue weighted by molar-refractivity contribution is -0.0497. The van der Waals surface area contributed by atoms with Gasteiger partial charge in [0.2, 0.25) is 0 Å². The lowest BCUT2D eigenvalue weighted by Gasteiger charge is -2.20. The van der Waals surface area contributed by atoms with E-state index in [0.29, 0.717) is 6.54 Å².